The van der Waals surface area contributed by atoms with E-state index >= 15 is 0 Å². The molecule has 3 heterocycles. The summed E-state index contributed by atoms with van der Waals surface area (Å²) < 4.78 is 5.58. The van der Waals surface area contributed by atoms with E-state index in [4.69, 9.17) is 4.74 Å². The number of carbonyl (C=O) groups excluding carboxylic acids is 1. The van der Waals surface area contributed by atoms with Gasteiger partial charge in [0.2, 0.25) is 5.91 Å². The second-order valence-corrected chi connectivity index (χ2v) is 7.97. The van der Waals surface area contributed by atoms with Gasteiger partial charge in [-0.25, -0.2) is 0 Å². The van der Waals surface area contributed by atoms with Gasteiger partial charge in [-0.15, -0.1) is 0 Å². The molecule has 4 fully saturated rings. The second kappa shape index (κ2) is 7.68. The molecule has 0 aromatic rings. The lowest BCUT2D eigenvalue weighted by molar-refractivity contribution is -0.135. The molecule has 1 saturated carbocycles. The minimum absolute atomic E-state index is 0.0172. The average Bonchev–Trinajstić information content (AvgIpc) is 2.60. The first-order valence-corrected chi connectivity index (χ1v) is 9.87. The van der Waals surface area contributed by atoms with E-state index in [-0.39, 0.29) is 18.6 Å². The molecule has 6 nitrogen and oxygen atoms in total. The van der Waals surface area contributed by atoms with E-state index in [0.717, 1.165) is 31.7 Å². The molecule has 1 unspecified atom stereocenters. The van der Waals surface area contributed by atoms with Gasteiger partial charge in [-0.05, 0) is 12.8 Å². The molecular weight excluding hydrogens is 304 g/mol. The Bertz CT molecular complexity index is 417. The molecule has 0 bridgehead atoms. The number of hydrogen-bond acceptors (Lipinski definition) is 5. The number of nitrogens with one attached hydrogen (secondary N) is 1. The summed E-state index contributed by atoms with van der Waals surface area (Å²) in [6.07, 6.45) is 7.34. The van der Waals surface area contributed by atoms with E-state index in [0.29, 0.717) is 6.54 Å². The van der Waals surface area contributed by atoms with Crippen LogP contribution in [0.4, 0.5) is 0 Å². The van der Waals surface area contributed by atoms with Crippen LogP contribution in [-0.2, 0) is 9.53 Å². The smallest absolute Gasteiger partial charge is 0.246 e. The second-order valence-electron chi connectivity index (χ2n) is 7.97. The molecule has 0 aromatic carbocycles. The SMILES string of the molecule is O=C1COC(CN2CC(N3CCN(C4CCCCC4)CC3)C2)CN1. The Kier molecular flexibility index (Phi) is 5.37. The molecule has 4 rings (SSSR count). The number of nitrogens with zero attached hydrogens (tertiary/aromatic N) is 3. The van der Waals surface area contributed by atoms with E-state index in [9.17, 15) is 4.79 Å². The standard InChI is InChI=1S/C18H32N4O2/c23-18-14-24-17(10-19-18)13-20-11-16(12-20)22-8-6-21(7-9-22)15-4-2-1-3-5-15/h15-17H,1-14H2,(H,19,23). The molecule has 4 aliphatic rings. The Morgan fingerprint density at radius 3 is 2.25 bits per heavy atom. The fourth-order valence-corrected chi connectivity index (χ4v) is 4.77. The highest BCUT2D eigenvalue weighted by molar-refractivity contribution is 5.77. The van der Waals surface area contributed by atoms with E-state index in [2.05, 4.69) is 20.0 Å². The lowest BCUT2D eigenvalue weighted by Gasteiger charge is -2.50. The zero-order chi connectivity index (χ0) is 16.4. The summed E-state index contributed by atoms with van der Waals surface area (Å²) in [5, 5.41) is 2.89. The molecule has 1 atom stereocenters. The molecule has 3 aliphatic heterocycles. The number of likely N-dealkylation sites (tertiary alicyclic amines) is 1. The lowest BCUT2D eigenvalue weighted by Crippen LogP contribution is -2.65. The first-order valence-electron chi connectivity index (χ1n) is 9.87. The Balaban J connectivity index is 1.14. The van der Waals surface area contributed by atoms with Gasteiger partial charge in [-0.2, -0.15) is 0 Å². The van der Waals surface area contributed by atoms with Crippen molar-refractivity contribution in [2.45, 2.75) is 50.3 Å². The summed E-state index contributed by atoms with van der Waals surface area (Å²) in [4.78, 5) is 19.0. The summed E-state index contributed by atoms with van der Waals surface area (Å²) in [5.41, 5.74) is 0. The molecule has 0 spiro atoms. The van der Waals surface area contributed by atoms with E-state index in [1.165, 1.54) is 58.3 Å². The van der Waals surface area contributed by atoms with Gasteiger partial charge in [0.25, 0.3) is 0 Å². The molecule has 1 amide bonds. The Morgan fingerprint density at radius 1 is 0.958 bits per heavy atom. The number of piperazine rings is 1. The maximum atomic E-state index is 11.1. The van der Waals surface area contributed by atoms with Crippen molar-refractivity contribution in [3.8, 4) is 0 Å². The number of rotatable bonds is 4. The van der Waals surface area contributed by atoms with Gasteiger partial charge >= 0.3 is 0 Å². The first-order chi connectivity index (χ1) is 11.8. The van der Waals surface area contributed by atoms with Crippen molar-refractivity contribution >= 4 is 5.91 Å². The van der Waals surface area contributed by atoms with Crippen LogP contribution in [0.1, 0.15) is 32.1 Å². The van der Waals surface area contributed by atoms with Crippen LogP contribution in [0.3, 0.4) is 0 Å². The minimum atomic E-state index is 0.0172. The van der Waals surface area contributed by atoms with Crippen molar-refractivity contribution in [3.05, 3.63) is 0 Å². The van der Waals surface area contributed by atoms with Gasteiger partial charge in [-0.3, -0.25) is 19.5 Å². The predicted molar refractivity (Wildman–Crippen MR) is 93.0 cm³/mol. The number of hydrogen-bond donors (Lipinski definition) is 1. The Hall–Kier alpha value is -0.690. The fraction of sp³-hybridized carbons (Fsp3) is 0.944. The molecule has 24 heavy (non-hydrogen) atoms. The van der Waals surface area contributed by atoms with Crippen molar-refractivity contribution in [2.75, 3.05) is 59.0 Å². The van der Waals surface area contributed by atoms with Gasteiger partial charge < -0.3 is 10.1 Å². The van der Waals surface area contributed by atoms with E-state index in [1.54, 1.807) is 0 Å². The molecule has 3 saturated heterocycles. The van der Waals surface area contributed by atoms with Crippen LogP contribution in [0.25, 0.3) is 0 Å². The first kappa shape index (κ1) is 16.8. The van der Waals surface area contributed by atoms with Gasteiger partial charge in [0.15, 0.2) is 0 Å². The fourth-order valence-electron chi connectivity index (χ4n) is 4.77. The third-order valence-corrected chi connectivity index (χ3v) is 6.33. The summed E-state index contributed by atoms with van der Waals surface area (Å²) in [6.45, 7) is 9.19. The van der Waals surface area contributed by atoms with Crippen LogP contribution in [0, 0.1) is 0 Å². The van der Waals surface area contributed by atoms with Crippen LogP contribution in [0.2, 0.25) is 0 Å². The van der Waals surface area contributed by atoms with Crippen LogP contribution in [0.15, 0.2) is 0 Å². The lowest BCUT2D eigenvalue weighted by atomic mass is 9.93. The summed E-state index contributed by atoms with van der Waals surface area (Å²) >= 11 is 0. The molecule has 136 valence electrons. The van der Waals surface area contributed by atoms with E-state index in [1.807, 2.05) is 0 Å². The maximum absolute atomic E-state index is 11.1. The van der Waals surface area contributed by atoms with Crippen LogP contribution in [-0.4, -0.2) is 97.8 Å². The molecule has 1 N–H and O–H groups in total. The summed E-state index contributed by atoms with van der Waals surface area (Å²) in [7, 11) is 0. The third kappa shape index (κ3) is 3.93. The van der Waals surface area contributed by atoms with Crippen molar-refractivity contribution in [1.29, 1.82) is 0 Å². The predicted octanol–water partition coefficient (Wildman–Crippen LogP) is 0.136. The van der Waals surface area contributed by atoms with Crippen LogP contribution < -0.4 is 5.32 Å². The van der Waals surface area contributed by atoms with Crippen LogP contribution in [0.5, 0.6) is 0 Å². The number of amides is 1. The average molecular weight is 336 g/mol. The molecule has 0 aromatic heterocycles. The molecular formula is C18H32N4O2. The monoisotopic (exact) mass is 336 g/mol. The summed E-state index contributed by atoms with van der Waals surface area (Å²) in [6, 6.07) is 1.61. The van der Waals surface area contributed by atoms with Crippen molar-refractivity contribution < 1.29 is 9.53 Å². The molecule has 1 aliphatic carbocycles. The normalized spacial score (nSPS) is 32.5. The molecule has 6 heteroatoms. The van der Waals surface area contributed by atoms with Crippen molar-refractivity contribution in [3.63, 3.8) is 0 Å². The van der Waals surface area contributed by atoms with Crippen molar-refractivity contribution in [2.24, 2.45) is 0 Å². The molecule has 0 radical (unpaired) electrons. The quantitative estimate of drug-likeness (QED) is 0.791. The zero-order valence-corrected chi connectivity index (χ0v) is 14.8. The Labute approximate surface area is 145 Å². The van der Waals surface area contributed by atoms with E-state index < -0.39 is 0 Å². The number of morpholine rings is 1. The maximum Gasteiger partial charge on any atom is 0.246 e. The highest BCUT2D eigenvalue weighted by Gasteiger charge is 2.36. The third-order valence-electron chi connectivity index (χ3n) is 6.33. The van der Waals surface area contributed by atoms with Crippen LogP contribution >= 0.6 is 0 Å². The van der Waals surface area contributed by atoms with Gasteiger partial charge in [0, 0.05) is 64.4 Å². The van der Waals surface area contributed by atoms with Crippen molar-refractivity contribution in [1.82, 2.24) is 20.0 Å². The zero-order valence-electron chi connectivity index (χ0n) is 14.8. The highest BCUT2D eigenvalue weighted by Crippen LogP contribution is 2.25. The number of ether oxygens (including phenoxy) is 1. The number of carbonyl (C=O) groups is 1. The summed E-state index contributed by atoms with van der Waals surface area (Å²) in [5.74, 6) is 0.0172. The van der Waals surface area contributed by atoms with Gasteiger partial charge in [0.05, 0.1) is 6.10 Å². The topological polar surface area (TPSA) is 48.1 Å². The highest BCUT2D eigenvalue weighted by atomic mass is 16.5. The minimum Gasteiger partial charge on any atom is -0.365 e. The largest absolute Gasteiger partial charge is 0.365 e. The van der Waals surface area contributed by atoms with Gasteiger partial charge in [0.1, 0.15) is 6.61 Å². The van der Waals surface area contributed by atoms with Gasteiger partial charge in [-0.1, -0.05) is 19.3 Å². The Morgan fingerprint density at radius 2 is 1.62 bits per heavy atom.